The molecule has 33 heavy (non-hydrogen) atoms. The van der Waals surface area contributed by atoms with Gasteiger partial charge in [0.05, 0.1) is 0 Å². The highest BCUT2D eigenvalue weighted by Gasteiger charge is 2.52. The first kappa shape index (κ1) is 20.9. The Morgan fingerprint density at radius 1 is 1.03 bits per heavy atom. The first-order chi connectivity index (χ1) is 15.9. The molecule has 0 aromatic heterocycles. The quantitative estimate of drug-likeness (QED) is 0.743. The van der Waals surface area contributed by atoms with Crippen LogP contribution in [0.1, 0.15) is 51.4 Å². The van der Waals surface area contributed by atoms with Crippen molar-refractivity contribution in [3.05, 3.63) is 30.1 Å². The third kappa shape index (κ3) is 3.97. The predicted octanol–water partition coefficient (Wildman–Crippen LogP) is 3.10. The van der Waals surface area contributed by atoms with Gasteiger partial charge in [0.2, 0.25) is 11.8 Å². The number of amides is 4. The Morgan fingerprint density at radius 2 is 1.64 bits per heavy atom. The summed E-state index contributed by atoms with van der Waals surface area (Å²) in [6, 6.07) is 5.67. The second-order valence-electron chi connectivity index (χ2n) is 11.0. The van der Waals surface area contributed by atoms with Gasteiger partial charge in [0.15, 0.2) is 0 Å². The number of hydrogen-bond acceptors (Lipinski definition) is 3. The summed E-state index contributed by atoms with van der Waals surface area (Å²) >= 11 is 0. The molecule has 5 aliphatic carbocycles. The topological polar surface area (TPSA) is 73.0 Å². The third-order valence-corrected chi connectivity index (χ3v) is 8.39. The zero-order valence-corrected chi connectivity index (χ0v) is 18.8. The Labute approximate surface area is 193 Å². The van der Waals surface area contributed by atoms with Crippen LogP contribution in [0.3, 0.4) is 0 Å². The molecule has 0 atom stereocenters. The Hall–Kier alpha value is -2.64. The minimum Gasteiger partial charge on any atom is -0.333 e. The maximum absolute atomic E-state index is 13.4. The van der Waals surface area contributed by atoms with E-state index in [1.807, 2.05) is 0 Å². The van der Waals surface area contributed by atoms with Crippen LogP contribution in [-0.2, 0) is 9.59 Å². The van der Waals surface area contributed by atoms with Gasteiger partial charge in [-0.3, -0.25) is 14.5 Å². The molecule has 1 saturated heterocycles. The van der Waals surface area contributed by atoms with Crippen molar-refractivity contribution in [1.82, 2.24) is 15.1 Å². The molecule has 6 aliphatic rings. The van der Waals surface area contributed by atoms with Gasteiger partial charge in [0.25, 0.3) is 0 Å². The van der Waals surface area contributed by atoms with Gasteiger partial charge in [0.1, 0.15) is 25.6 Å². The van der Waals surface area contributed by atoms with Crippen molar-refractivity contribution in [3.63, 3.8) is 0 Å². The maximum atomic E-state index is 13.4. The number of benzene rings is 1. The summed E-state index contributed by atoms with van der Waals surface area (Å²) < 4.78 is 13.2. The summed E-state index contributed by atoms with van der Waals surface area (Å²) in [6.45, 7) is 0.0944. The Kier molecular flexibility index (Phi) is 4.89. The molecule has 8 heteroatoms. The normalized spacial score (nSPS) is 32.4. The molecule has 176 valence electrons. The standard InChI is InChI=1S/C25H31FN4O3/c26-19-1-3-21(4-2-19)30-15-28(13-23(30)32)22(31)14-29(20-5-6-20)24(33)27-25-10-16-7-17(11-25)9-18(8-16)12-25/h1-4,16-18,20H,5-15H2,(H,27,33). The van der Waals surface area contributed by atoms with Gasteiger partial charge in [-0.05, 0) is 93.4 Å². The molecule has 1 aromatic carbocycles. The lowest BCUT2D eigenvalue weighted by molar-refractivity contribution is -0.132. The number of carbonyl (C=O) groups is 3. The van der Waals surface area contributed by atoms with Crippen LogP contribution in [0, 0.1) is 23.6 Å². The predicted molar refractivity (Wildman–Crippen MR) is 120 cm³/mol. The van der Waals surface area contributed by atoms with E-state index >= 15 is 0 Å². The van der Waals surface area contributed by atoms with Crippen molar-refractivity contribution in [2.24, 2.45) is 17.8 Å². The molecule has 1 aliphatic heterocycles. The average Bonchev–Trinajstić information content (AvgIpc) is 3.52. The van der Waals surface area contributed by atoms with Gasteiger partial charge in [-0.15, -0.1) is 0 Å². The van der Waals surface area contributed by atoms with Crippen LogP contribution in [0.25, 0.3) is 0 Å². The summed E-state index contributed by atoms with van der Waals surface area (Å²) in [4.78, 5) is 43.6. The maximum Gasteiger partial charge on any atom is 0.318 e. The van der Waals surface area contributed by atoms with Crippen molar-refractivity contribution in [2.75, 3.05) is 24.7 Å². The number of hydrogen-bond donors (Lipinski definition) is 1. The summed E-state index contributed by atoms with van der Waals surface area (Å²) in [5, 5.41) is 3.39. The zero-order valence-electron chi connectivity index (χ0n) is 18.8. The highest BCUT2D eigenvalue weighted by molar-refractivity contribution is 6.00. The summed E-state index contributed by atoms with van der Waals surface area (Å²) in [6.07, 6.45) is 9.00. The van der Waals surface area contributed by atoms with E-state index in [1.165, 1.54) is 53.3 Å². The van der Waals surface area contributed by atoms with E-state index in [9.17, 15) is 18.8 Å². The molecule has 0 unspecified atom stereocenters. The van der Waals surface area contributed by atoms with Crippen LogP contribution in [0.4, 0.5) is 14.9 Å². The van der Waals surface area contributed by atoms with Gasteiger partial charge in [0, 0.05) is 17.3 Å². The van der Waals surface area contributed by atoms with Crippen LogP contribution in [0.15, 0.2) is 24.3 Å². The lowest BCUT2D eigenvalue weighted by Crippen LogP contribution is -2.62. The average molecular weight is 455 g/mol. The second-order valence-corrected chi connectivity index (χ2v) is 11.0. The van der Waals surface area contributed by atoms with Gasteiger partial charge in [-0.1, -0.05) is 0 Å². The number of carbonyl (C=O) groups excluding carboxylic acids is 3. The second kappa shape index (κ2) is 7.71. The highest BCUT2D eigenvalue weighted by Crippen LogP contribution is 2.55. The summed E-state index contributed by atoms with van der Waals surface area (Å²) in [5.41, 5.74) is 0.473. The first-order valence-corrected chi connectivity index (χ1v) is 12.3. The van der Waals surface area contributed by atoms with E-state index in [2.05, 4.69) is 5.32 Å². The van der Waals surface area contributed by atoms with E-state index in [-0.39, 0.29) is 55.0 Å². The summed E-state index contributed by atoms with van der Waals surface area (Å²) in [5.74, 6) is 1.41. The van der Waals surface area contributed by atoms with E-state index in [0.717, 1.165) is 49.9 Å². The van der Waals surface area contributed by atoms with Crippen molar-refractivity contribution in [3.8, 4) is 0 Å². The van der Waals surface area contributed by atoms with Gasteiger partial charge >= 0.3 is 6.03 Å². The molecule has 4 bridgehead atoms. The number of anilines is 1. The smallest absolute Gasteiger partial charge is 0.318 e. The third-order valence-electron chi connectivity index (χ3n) is 8.39. The van der Waals surface area contributed by atoms with E-state index < -0.39 is 0 Å². The van der Waals surface area contributed by atoms with Gasteiger partial charge in [-0.25, -0.2) is 9.18 Å². The molecule has 5 saturated carbocycles. The van der Waals surface area contributed by atoms with Crippen LogP contribution in [0.5, 0.6) is 0 Å². The van der Waals surface area contributed by atoms with Crippen molar-refractivity contribution >= 4 is 23.5 Å². The highest BCUT2D eigenvalue weighted by atomic mass is 19.1. The van der Waals surface area contributed by atoms with E-state index in [1.54, 1.807) is 4.90 Å². The van der Waals surface area contributed by atoms with Crippen LogP contribution in [0.2, 0.25) is 0 Å². The monoisotopic (exact) mass is 454 g/mol. The Balaban J connectivity index is 1.11. The number of nitrogens with one attached hydrogen (secondary N) is 1. The van der Waals surface area contributed by atoms with E-state index in [4.69, 9.17) is 0 Å². The van der Waals surface area contributed by atoms with Crippen molar-refractivity contribution in [2.45, 2.75) is 62.9 Å². The molecule has 7 rings (SSSR count). The lowest BCUT2D eigenvalue weighted by Gasteiger charge is -2.57. The molecular formula is C25H31FN4O3. The SMILES string of the molecule is O=C(CN(C(=O)NC12CC3CC(CC(C3)C1)C2)C1CC1)N1CC(=O)N(c2ccc(F)cc2)C1. The fourth-order valence-electron chi connectivity index (χ4n) is 7.12. The van der Waals surface area contributed by atoms with Crippen molar-refractivity contribution in [1.29, 1.82) is 0 Å². The number of urea groups is 1. The number of halogens is 1. The largest absolute Gasteiger partial charge is 0.333 e. The molecule has 6 fully saturated rings. The van der Waals surface area contributed by atoms with Crippen LogP contribution < -0.4 is 10.2 Å². The summed E-state index contributed by atoms with van der Waals surface area (Å²) in [7, 11) is 0. The Morgan fingerprint density at radius 3 is 2.21 bits per heavy atom. The molecule has 0 radical (unpaired) electrons. The molecule has 4 amide bonds. The van der Waals surface area contributed by atoms with Gasteiger partial charge < -0.3 is 15.1 Å². The number of nitrogens with zero attached hydrogens (tertiary/aromatic N) is 3. The van der Waals surface area contributed by atoms with E-state index in [0.29, 0.717) is 5.69 Å². The van der Waals surface area contributed by atoms with Gasteiger partial charge in [-0.2, -0.15) is 0 Å². The van der Waals surface area contributed by atoms with Crippen LogP contribution >= 0.6 is 0 Å². The molecule has 1 aromatic rings. The van der Waals surface area contributed by atoms with Crippen molar-refractivity contribution < 1.29 is 18.8 Å². The fraction of sp³-hybridized carbons (Fsp3) is 0.640. The zero-order chi connectivity index (χ0) is 22.7. The Bertz CT molecular complexity index is 941. The fourth-order valence-corrected chi connectivity index (χ4v) is 7.12. The molecule has 7 nitrogen and oxygen atoms in total. The molecule has 0 spiro atoms. The minimum atomic E-state index is -0.372. The lowest BCUT2D eigenvalue weighted by atomic mass is 9.53. The molecular weight excluding hydrogens is 423 g/mol. The molecule has 1 heterocycles. The van der Waals surface area contributed by atoms with Crippen LogP contribution in [-0.4, -0.2) is 59.0 Å². The first-order valence-electron chi connectivity index (χ1n) is 12.3. The minimum absolute atomic E-state index is 0.00654. The molecule has 1 N–H and O–H groups in total. The number of rotatable bonds is 5.